The molecular formula is C19H20BrN3O2. The van der Waals surface area contributed by atoms with E-state index < -0.39 is 6.10 Å². The molecule has 0 radical (unpaired) electrons. The Bertz CT molecular complexity index is 870. The first kappa shape index (κ1) is 17.6. The van der Waals surface area contributed by atoms with Crippen molar-refractivity contribution in [3.05, 3.63) is 58.8 Å². The Morgan fingerprint density at radius 1 is 1.20 bits per heavy atom. The number of hydrogen-bond acceptors (Lipinski definition) is 5. The fourth-order valence-electron chi connectivity index (χ4n) is 2.54. The predicted molar refractivity (Wildman–Crippen MR) is 103 cm³/mol. The normalized spacial score (nSPS) is 12.4. The van der Waals surface area contributed by atoms with Gasteiger partial charge in [0.2, 0.25) is 0 Å². The number of aromatic nitrogens is 2. The zero-order valence-electron chi connectivity index (χ0n) is 14.1. The molecule has 2 N–H and O–H groups in total. The molecule has 0 fully saturated rings. The van der Waals surface area contributed by atoms with Gasteiger partial charge >= 0.3 is 0 Å². The molecule has 2 heterocycles. The van der Waals surface area contributed by atoms with Crippen LogP contribution in [0.4, 0.5) is 5.69 Å². The van der Waals surface area contributed by atoms with Gasteiger partial charge in [-0.15, -0.1) is 0 Å². The standard InChI is InChI=1S/C19H20BrN3O2/c1-12(2)25-15-5-3-4-13(8-15)18(24)11-22-16-6-7-21-17-9-14(20)10-23-19(16)17/h3-10,12,18,24H,11H2,1-2H3,(H,21,22). The highest BCUT2D eigenvalue weighted by molar-refractivity contribution is 9.10. The Hall–Kier alpha value is -2.18. The summed E-state index contributed by atoms with van der Waals surface area (Å²) in [5.74, 6) is 0.757. The number of hydrogen-bond donors (Lipinski definition) is 2. The van der Waals surface area contributed by atoms with E-state index in [0.29, 0.717) is 6.54 Å². The van der Waals surface area contributed by atoms with Crippen molar-refractivity contribution in [1.82, 2.24) is 9.97 Å². The summed E-state index contributed by atoms with van der Waals surface area (Å²) in [6.45, 7) is 4.32. The largest absolute Gasteiger partial charge is 0.491 e. The number of rotatable bonds is 6. The molecule has 130 valence electrons. The Kier molecular flexibility index (Phi) is 5.50. The maximum atomic E-state index is 10.5. The molecule has 0 bridgehead atoms. The van der Waals surface area contributed by atoms with Crippen molar-refractivity contribution in [2.24, 2.45) is 0 Å². The van der Waals surface area contributed by atoms with Gasteiger partial charge in [0.25, 0.3) is 0 Å². The number of nitrogens with zero attached hydrogens (tertiary/aromatic N) is 2. The van der Waals surface area contributed by atoms with Gasteiger partial charge in [-0.3, -0.25) is 9.97 Å². The van der Waals surface area contributed by atoms with E-state index in [9.17, 15) is 5.11 Å². The molecule has 0 saturated heterocycles. The predicted octanol–water partition coefficient (Wildman–Crippen LogP) is 4.33. The molecule has 0 amide bonds. The number of pyridine rings is 2. The number of anilines is 1. The minimum atomic E-state index is -0.658. The maximum Gasteiger partial charge on any atom is 0.120 e. The summed E-state index contributed by atoms with van der Waals surface area (Å²) in [7, 11) is 0. The van der Waals surface area contributed by atoms with Crippen LogP contribution in [0.25, 0.3) is 11.0 Å². The third kappa shape index (κ3) is 4.46. The van der Waals surface area contributed by atoms with Crippen LogP contribution in [0.2, 0.25) is 0 Å². The van der Waals surface area contributed by atoms with E-state index in [-0.39, 0.29) is 6.10 Å². The summed E-state index contributed by atoms with van der Waals surface area (Å²) in [6, 6.07) is 11.3. The highest BCUT2D eigenvalue weighted by Gasteiger charge is 2.11. The van der Waals surface area contributed by atoms with Crippen LogP contribution in [0, 0.1) is 0 Å². The lowest BCUT2D eigenvalue weighted by atomic mass is 10.1. The van der Waals surface area contributed by atoms with Crippen molar-refractivity contribution in [3.8, 4) is 5.75 Å². The van der Waals surface area contributed by atoms with Crippen LogP contribution in [-0.2, 0) is 0 Å². The zero-order chi connectivity index (χ0) is 17.8. The number of fused-ring (bicyclic) bond motifs is 1. The Balaban J connectivity index is 1.73. The second kappa shape index (κ2) is 7.80. The monoisotopic (exact) mass is 401 g/mol. The molecule has 1 unspecified atom stereocenters. The fraction of sp³-hybridized carbons (Fsp3) is 0.263. The van der Waals surface area contributed by atoms with Gasteiger partial charge in [0, 0.05) is 23.4 Å². The molecule has 6 heteroatoms. The van der Waals surface area contributed by atoms with E-state index in [0.717, 1.165) is 32.5 Å². The van der Waals surface area contributed by atoms with Crippen LogP contribution in [0.3, 0.4) is 0 Å². The van der Waals surface area contributed by atoms with Gasteiger partial charge in [0.05, 0.1) is 23.4 Å². The van der Waals surface area contributed by atoms with Gasteiger partial charge < -0.3 is 15.2 Å². The molecule has 0 saturated carbocycles. The maximum absolute atomic E-state index is 10.5. The van der Waals surface area contributed by atoms with Crippen LogP contribution in [-0.4, -0.2) is 27.7 Å². The Morgan fingerprint density at radius 3 is 2.84 bits per heavy atom. The smallest absolute Gasteiger partial charge is 0.120 e. The van der Waals surface area contributed by atoms with Gasteiger partial charge in [-0.25, -0.2) is 0 Å². The minimum Gasteiger partial charge on any atom is -0.491 e. The topological polar surface area (TPSA) is 67.3 Å². The van der Waals surface area contributed by atoms with Crippen molar-refractivity contribution in [1.29, 1.82) is 0 Å². The molecule has 0 aliphatic heterocycles. The molecule has 25 heavy (non-hydrogen) atoms. The Labute approximate surface area is 155 Å². The van der Waals surface area contributed by atoms with E-state index in [2.05, 4.69) is 31.2 Å². The van der Waals surface area contributed by atoms with E-state index >= 15 is 0 Å². The second-order valence-corrected chi connectivity index (χ2v) is 6.93. The lowest BCUT2D eigenvalue weighted by Crippen LogP contribution is -2.13. The Morgan fingerprint density at radius 2 is 2.04 bits per heavy atom. The van der Waals surface area contributed by atoms with E-state index in [1.807, 2.05) is 50.2 Å². The first-order valence-electron chi connectivity index (χ1n) is 8.12. The average molecular weight is 402 g/mol. The van der Waals surface area contributed by atoms with Gasteiger partial charge in [-0.1, -0.05) is 12.1 Å². The van der Waals surface area contributed by atoms with Crippen LogP contribution in [0.15, 0.2) is 53.3 Å². The van der Waals surface area contributed by atoms with Gasteiger partial charge in [-0.2, -0.15) is 0 Å². The summed E-state index contributed by atoms with van der Waals surface area (Å²) in [4.78, 5) is 8.72. The van der Waals surface area contributed by atoms with Crippen molar-refractivity contribution in [2.45, 2.75) is 26.1 Å². The number of nitrogens with one attached hydrogen (secondary N) is 1. The molecule has 3 aromatic rings. The van der Waals surface area contributed by atoms with Crippen molar-refractivity contribution < 1.29 is 9.84 Å². The van der Waals surface area contributed by atoms with Crippen LogP contribution < -0.4 is 10.1 Å². The number of benzene rings is 1. The number of aliphatic hydroxyl groups excluding tert-OH is 1. The van der Waals surface area contributed by atoms with E-state index in [1.165, 1.54) is 0 Å². The molecule has 0 aliphatic carbocycles. The second-order valence-electron chi connectivity index (χ2n) is 6.02. The summed E-state index contributed by atoms with van der Waals surface area (Å²) in [5.41, 5.74) is 3.21. The first-order chi connectivity index (χ1) is 12.0. The number of aliphatic hydroxyl groups is 1. The summed E-state index contributed by atoms with van der Waals surface area (Å²) in [6.07, 6.45) is 2.90. The van der Waals surface area contributed by atoms with Crippen LogP contribution in [0.1, 0.15) is 25.5 Å². The van der Waals surface area contributed by atoms with Crippen LogP contribution in [0.5, 0.6) is 5.75 Å². The molecule has 1 atom stereocenters. The number of halogens is 1. The SMILES string of the molecule is CC(C)Oc1cccc(C(O)CNc2ccnc3cc(Br)cnc23)c1. The van der Waals surface area contributed by atoms with Gasteiger partial charge in [-0.05, 0) is 59.6 Å². The third-order valence-electron chi connectivity index (χ3n) is 3.64. The molecule has 0 aliphatic rings. The lowest BCUT2D eigenvalue weighted by molar-refractivity contribution is 0.190. The molecule has 5 nitrogen and oxygen atoms in total. The molecule has 0 spiro atoms. The quantitative estimate of drug-likeness (QED) is 0.643. The van der Waals surface area contributed by atoms with Crippen molar-refractivity contribution in [3.63, 3.8) is 0 Å². The molecule has 2 aromatic heterocycles. The van der Waals surface area contributed by atoms with Gasteiger partial charge in [0.15, 0.2) is 0 Å². The molecular weight excluding hydrogens is 382 g/mol. The summed E-state index contributed by atoms with van der Waals surface area (Å²) in [5, 5.41) is 13.8. The minimum absolute atomic E-state index is 0.0964. The summed E-state index contributed by atoms with van der Waals surface area (Å²) >= 11 is 3.40. The highest BCUT2D eigenvalue weighted by Crippen LogP contribution is 2.24. The summed E-state index contributed by atoms with van der Waals surface area (Å²) < 4.78 is 6.56. The van der Waals surface area contributed by atoms with Crippen LogP contribution >= 0.6 is 15.9 Å². The van der Waals surface area contributed by atoms with E-state index in [4.69, 9.17) is 4.74 Å². The van der Waals surface area contributed by atoms with Crippen molar-refractivity contribution in [2.75, 3.05) is 11.9 Å². The zero-order valence-corrected chi connectivity index (χ0v) is 15.7. The molecule has 3 rings (SSSR count). The molecule has 1 aromatic carbocycles. The third-order valence-corrected chi connectivity index (χ3v) is 4.08. The van der Waals surface area contributed by atoms with E-state index in [1.54, 1.807) is 12.4 Å². The highest BCUT2D eigenvalue weighted by atomic mass is 79.9. The average Bonchev–Trinajstić information content (AvgIpc) is 2.59. The fourth-order valence-corrected chi connectivity index (χ4v) is 2.86. The first-order valence-corrected chi connectivity index (χ1v) is 8.91. The van der Waals surface area contributed by atoms with Crippen molar-refractivity contribution >= 4 is 32.7 Å². The van der Waals surface area contributed by atoms with Gasteiger partial charge in [0.1, 0.15) is 11.3 Å². The lowest BCUT2D eigenvalue weighted by Gasteiger charge is -2.16. The number of ether oxygens (including phenoxy) is 1.